The molecule has 38 heavy (non-hydrogen) atoms. The van der Waals surface area contributed by atoms with Crippen molar-refractivity contribution in [3.63, 3.8) is 0 Å². The highest BCUT2D eigenvalue weighted by Gasteiger charge is 2.21. The second-order valence-electron chi connectivity index (χ2n) is 13.5. The zero-order valence-corrected chi connectivity index (χ0v) is 27.3. The van der Waals surface area contributed by atoms with Crippen molar-refractivity contribution in [2.45, 2.75) is 164 Å². The molecule has 0 aromatic carbocycles. The summed E-state index contributed by atoms with van der Waals surface area (Å²) in [6.07, 6.45) is 16.3. The van der Waals surface area contributed by atoms with Crippen LogP contribution in [0.2, 0.25) is 0 Å². The maximum atomic E-state index is 11.5. The van der Waals surface area contributed by atoms with Gasteiger partial charge in [0.25, 0.3) is 0 Å². The summed E-state index contributed by atoms with van der Waals surface area (Å²) in [5, 5.41) is 0. The number of allylic oxidation sites excluding steroid dienone is 2. The minimum absolute atomic E-state index is 0.0356. The first kappa shape index (κ1) is 37.1. The van der Waals surface area contributed by atoms with Gasteiger partial charge in [0, 0.05) is 19.6 Å². The molecule has 0 aliphatic carbocycles. The van der Waals surface area contributed by atoms with Crippen LogP contribution in [0.15, 0.2) is 11.6 Å². The maximum Gasteiger partial charge on any atom is 0.305 e. The first-order valence-corrected chi connectivity index (χ1v) is 15.8. The van der Waals surface area contributed by atoms with Gasteiger partial charge in [0.15, 0.2) is 0 Å². The van der Waals surface area contributed by atoms with Crippen LogP contribution in [0, 0.1) is 17.8 Å². The number of rotatable bonds is 24. The predicted molar refractivity (Wildman–Crippen MR) is 164 cm³/mol. The molecule has 0 N–H and O–H groups in total. The van der Waals surface area contributed by atoms with Crippen LogP contribution < -0.4 is 0 Å². The second kappa shape index (κ2) is 21.0. The number of carbonyl (C=O) groups excluding carboxylic acids is 1. The summed E-state index contributed by atoms with van der Waals surface area (Å²) in [6.45, 7) is 24.5. The van der Waals surface area contributed by atoms with Crippen LogP contribution in [0.5, 0.6) is 0 Å². The number of carbonyl (C=O) groups is 1. The van der Waals surface area contributed by atoms with Crippen LogP contribution in [0.3, 0.4) is 0 Å². The highest BCUT2D eigenvalue weighted by Crippen LogP contribution is 2.25. The van der Waals surface area contributed by atoms with Crippen molar-refractivity contribution in [2.24, 2.45) is 17.8 Å². The molecule has 3 atom stereocenters. The molecule has 0 heterocycles. The van der Waals surface area contributed by atoms with Gasteiger partial charge in [-0.3, -0.25) is 4.79 Å². The molecule has 0 spiro atoms. The molecule has 0 rings (SSSR count). The van der Waals surface area contributed by atoms with Crippen LogP contribution in [0.1, 0.15) is 153 Å². The van der Waals surface area contributed by atoms with Gasteiger partial charge in [-0.1, -0.05) is 65.0 Å². The molecule has 0 amide bonds. The fourth-order valence-electron chi connectivity index (χ4n) is 4.71. The standard InChI is InChI=1S/C34H66O4/c1-11-15-32(35)36-25-20-30(5)18-13-23-33(7,8)38-27-22-31(6)19-14-24-34(9,10)37-26-21-29(4)17-12-16-28(2)3/h16,29-31H,11-15,17-27H2,1-10H3. The fraction of sp³-hybridized carbons (Fsp3) is 0.912. The highest BCUT2D eigenvalue weighted by atomic mass is 16.5. The summed E-state index contributed by atoms with van der Waals surface area (Å²) in [6, 6.07) is 0. The Hall–Kier alpha value is -0.870. The van der Waals surface area contributed by atoms with Crippen LogP contribution in [0.4, 0.5) is 0 Å². The average molecular weight is 539 g/mol. The monoisotopic (exact) mass is 538 g/mol. The van der Waals surface area contributed by atoms with Gasteiger partial charge in [0.1, 0.15) is 0 Å². The minimum Gasteiger partial charge on any atom is -0.466 e. The molecule has 0 aromatic heterocycles. The SMILES string of the molecule is CCCC(=O)OCCC(C)CCCC(C)(C)OCCC(C)CCCC(C)(C)OCCC(C)CCC=C(C)C. The summed E-state index contributed by atoms with van der Waals surface area (Å²) in [5.74, 6) is 1.90. The Bertz CT molecular complexity index is 618. The Morgan fingerprint density at radius 2 is 1.16 bits per heavy atom. The zero-order chi connectivity index (χ0) is 29.0. The first-order valence-electron chi connectivity index (χ1n) is 15.8. The van der Waals surface area contributed by atoms with E-state index in [9.17, 15) is 4.79 Å². The number of ether oxygens (including phenoxy) is 3. The molecular weight excluding hydrogens is 472 g/mol. The van der Waals surface area contributed by atoms with Gasteiger partial charge in [0.2, 0.25) is 0 Å². The Morgan fingerprint density at radius 1 is 0.711 bits per heavy atom. The minimum atomic E-state index is -0.0777. The van der Waals surface area contributed by atoms with Crippen molar-refractivity contribution in [3.8, 4) is 0 Å². The quantitative estimate of drug-likeness (QED) is 0.0905. The van der Waals surface area contributed by atoms with Gasteiger partial charge in [-0.25, -0.2) is 0 Å². The van der Waals surface area contributed by atoms with E-state index in [0.29, 0.717) is 24.9 Å². The molecule has 0 fully saturated rings. The fourth-order valence-corrected chi connectivity index (χ4v) is 4.71. The van der Waals surface area contributed by atoms with E-state index in [4.69, 9.17) is 14.2 Å². The van der Waals surface area contributed by atoms with E-state index in [0.717, 1.165) is 70.5 Å². The summed E-state index contributed by atoms with van der Waals surface area (Å²) in [4.78, 5) is 11.5. The van der Waals surface area contributed by atoms with Gasteiger partial charge < -0.3 is 14.2 Å². The molecule has 0 aliphatic rings. The van der Waals surface area contributed by atoms with Crippen molar-refractivity contribution in [3.05, 3.63) is 11.6 Å². The Balaban J connectivity index is 3.94. The Labute approximate surface area is 238 Å². The van der Waals surface area contributed by atoms with Gasteiger partial charge in [-0.05, 0) is 111 Å². The van der Waals surface area contributed by atoms with E-state index in [1.807, 2.05) is 6.92 Å². The largest absolute Gasteiger partial charge is 0.466 e. The summed E-state index contributed by atoms with van der Waals surface area (Å²) in [5.41, 5.74) is 1.30. The first-order chi connectivity index (χ1) is 17.8. The maximum absolute atomic E-state index is 11.5. The Morgan fingerprint density at radius 3 is 1.61 bits per heavy atom. The molecule has 0 aromatic rings. The van der Waals surface area contributed by atoms with Crippen molar-refractivity contribution in [1.29, 1.82) is 0 Å². The van der Waals surface area contributed by atoms with Crippen LogP contribution >= 0.6 is 0 Å². The van der Waals surface area contributed by atoms with E-state index in [-0.39, 0.29) is 17.2 Å². The van der Waals surface area contributed by atoms with Crippen molar-refractivity contribution in [2.75, 3.05) is 19.8 Å². The van der Waals surface area contributed by atoms with Crippen molar-refractivity contribution in [1.82, 2.24) is 0 Å². The molecule has 4 heteroatoms. The van der Waals surface area contributed by atoms with Gasteiger partial charge in [-0.2, -0.15) is 0 Å². The normalized spacial score (nSPS) is 14.7. The predicted octanol–water partition coefficient (Wildman–Crippen LogP) is 10.1. The lowest BCUT2D eigenvalue weighted by Crippen LogP contribution is -2.26. The topological polar surface area (TPSA) is 44.8 Å². The second-order valence-corrected chi connectivity index (χ2v) is 13.5. The Kier molecular flexibility index (Phi) is 20.5. The molecule has 3 unspecified atom stereocenters. The number of esters is 1. The lowest BCUT2D eigenvalue weighted by atomic mass is 9.94. The van der Waals surface area contributed by atoms with Gasteiger partial charge in [-0.15, -0.1) is 0 Å². The third-order valence-electron chi connectivity index (χ3n) is 7.70. The van der Waals surface area contributed by atoms with Crippen LogP contribution in [0.25, 0.3) is 0 Å². The smallest absolute Gasteiger partial charge is 0.305 e. The molecule has 0 bridgehead atoms. The third-order valence-corrected chi connectivity index (χ3v) is 7.70. The van der Waals surface area contributed by atoms with Crippen molar-refractivity contribution >= 4 is 5.97 Å². The molecule has 0 saturated heterocycles. The van der Waals surface area contributed by atoms with Crippen LogP contribution in [-0.2, 0) is 19.0 Å². The van der Waals surface area contributed by atoms with E-state index < -0.39 is 0 Å². The molecule has 0 radical (unpaired) electrons. The van der Waals surface area contributed by atoms with E-state index in [1.165, 1.54) is 31.3 Å². The molecule has 226 valence electrons. The van der Waals surface area contributed by atoms with Gasteiger partial charge >= 0.3 is 5.97 Å². The molecule has 0 aliphatic heterocycles. The van der Waals surface area contributed by atoms with E-state index in [1.54, 1.807) is 0 Å². The number of hydrogen-bond acceptors (Lipinski definition) is 4. The van der Waals surface area contributed by atoms with E-state index in [2.05, 4.69) is 68.4 Å². The highest BCUT2D eigenvalue weighted by molar-refractivity contribution is 5.69. The zero-order valence-electron chi connectivity index (χ0n) is 27.3. The lowest BCUT2D eigenvalue weighted by molar-refractivity contribution is -0.144. The van der Waals surface area contributed by atoms with Crippen molar-refractivity contribution < 1.29 is 19.0 Å². The third kappa shape index (κ3) is 23.1. The summed E-state index contributed by atoms with van der Waals surface area (Å²) >= 11 is 0. The number of hydrogen-bond donors (Lipinski definition) is 0. The van der Waals surface area contributed by atoms with Crippen LogP contribution in [-0.4, -0.2) is 37.0 Å². The van der Waals surface area contributed by atoms with E-state index >= 15 is 0 Å². The lowest BCUT2D eigenvalue weighted by Gasteiger charge is -2.28. The summed E-state index contributed by atoms with van der Waals surface area (Å²) < 4.78 is 17.9. The molecule has 0 saturated carbocycles. The average Bonchev–Trinajstić information content (AvgIpc) is 2.78. The molecule has 4 nitrogen and oxygen atoms in total. The summed E-state index contributed by atoms with van der Waals surface area (Å²) in [7, 11) is 0. The van der Waals surface area contributed by atoms with Gasteiger partial charge in [0.05, 0.1) is 17.8 Å². The molecular formula is C34H66O4.